The first-order valence-electron chi connectivity index (χ1n) is 8.14. The van der Waals surface area contributed by atoms with E-state index in [1.807, 2.05) is 0 Å². The minimum atomic E-state index is -0.681. The van der Waals surface area contributed by atoms with Crippen molar-refractivity contribution in [3.05, 3.63) is 34.9 Å². The largest absolute Gasteiger partial charge is 0.481 e. The first-order valence-corrected chi connectivity index (χ1v) is 8.14. The molecule has 0 aromatic heterocycles. The fourth-order valence-electron chi connectivity index (χ4n) is 3.80. The van der Waals surface area contributed by atoms with Crippen LogP contribution in [0.1, 0.15) is 42.4 Å². The molecule has 1 spiro atoms. The van der Waals surface area contributed by atoms with Crippen molar-refractivity contribution in [3.63, 3.8) is 0 Å². The molecular formula is C18H25NO3. The molecule has 120 valence electrons. The summed E-state index contributed by atoms with van der Waals surface area (Å²) in [5, 5.41) is 12.7. The number of hydrogen-bond donors (Lipinski definition) is 2. The molecule has 1 saturated carbocycles. The molecule has 0 unspecified atom stereocenters. The Hall–Kier alpha value is -1.39. The summed E-state index contributed by atoms with van der Waals surface area (Å²) in [4.78, 5) is 11.0. The zero-order valence-electron chi connectivity index (χ0n) is 13.4. The van der Waals surface area contributed by atoms with Gasteiger partial charge in [0.25, 0.3) is 0 Å². The van der Waals surface area contributed by atoms with Crippen molar-refractivity contribution in [1.29, 1.82) is 0 Å². The van der Waals surface area contributed by atoms with E-state index in [4.69, 9.17) is 9.84 Å². The maximum absolute atomic E-state index is 11.0. The molecule has 22 heavy (non-hydrogen) atoms. The fourth-order valence-corrected chi connectivity index (χ4v) is 3.80. The van der Waals surface area contributed by atoms with Crippen LogP contribution >= 0.6 is 0 Å². The number of carboxylic acid groups (broad SMARTS) is 1. The molecular weight excluding hydrogens is 278 g/mol. The van der Waals surface area contributed by atoms with Crippen LogP contribution in [0.15, 0.2) is 18.2 Å². The van der Waals surface area contributed by atoms with Crippen LogP contribution in [0, 0.1) is 19.8 Å². The lowest BCUT2D eigenvalue weighted by atomic mass is 9.66. The van der Waals surface area contributed by atoms with Gasteiger partial charge in [0.05, 0.1) is 11.5 Å². The van der Waals surface area contributed by atoms with Gasteiger partial charge in [-0.25, -0.2) is 0 Å². The predicted octanol–water partition coefficient (Wildman–Crippen LogP) is 2.81. The van der Waals surface area contributed by atoms with Crippen molar-refractivity contribution in [2.75, 3.05) is 6.61 Å². The fraction of sp³-hybridized carbons (Fsp3) is 0.611. The van der Waals surface area contributed by atoms with Gasteiger partial charge < -0.3 is 15.2 Å². The van der Waals surface area contributed by atoms with Crippen molar-refractivity contribution in [1.82, 2.24) is 5.32 Å². The summed E-state index contributed by atoms with van der Waals surface area (Å²) in [6.07, 6.45) is 3.28. The molecule has 3 rings (SSSR count). The molecule has 1 aliphatic carbocycles. The Morgan fingerprint density at radius 1 is 1.36 bits per heavy atom. The van der Waals surface area contributed by atoms with Crippen molar-refractivity contribution < 1.29 is 14.6 Å². The van der Waals surface area contributed by atoms with Gasteiger partial charge >= 0.3 is 5.97 Å². The van der Waals surface area contributed by atoms with Crippen LogP contribution in [0.2, 0.25) is 0 Å². The molecule has 1 saturated heterocycles. The summed E-state index contributed by atoms with van der Waals surface area (Å²) in [5.74, 6) is -0.891. The Labute approximate surface area is 131 Å². The summed E-state index contributed by atoms with van der Waals surface area (Å²) in [6, 6.07) is 6.98. The number of carbonyl (C=O) groups is 1. The molecule has 0 amide bonds. The topological polar surface area (TPSA) is 58.6 Å². The first-order chi connectivity index (χ1) is 10.5. The molecule has 2 aliphatic rings. The number of carboxylic acids is 1. The van der Waals surface area contributed by atoms with Crippen LogP contribution in [0.25, 0.3) is 0 Å². The molecule has 2 N–H and O–H groups in total. The van der Waals surface area contributed by atoms with E-state index in [-0.39, 0.29) is 11.5 Å². The van der Waals surface area contributed by atoms with Crippen LogP contribution < -0.4 is 5.32 Å². The molecule has 1 aliphatic heterocycles. The van der Waals surface area contributed by atoms with E-state index in [0.717, 1.165) is 26.0 Å². The second-order valence-electron chi connectivity index (χ2n) is 6.98. The molecule has 1 aromatic rings. The van der Waals surface area contributed by atoms with Crippen molar-refractivity contribution in [3.8, 4) is 0 Å². The number of ether oxygens (including phenoxy) is 1. The van der Waals surface area contributed by atoms with Gasteiger partial charge in [0.1, 0.15) is 0 Å². The van der Waals surface area contributed by atoms with E-state index in [2.05, 4.69) is 37.4 Å². The van der Waals surface area contributed by atoms with E-state index >= 15 is 0 Å². The average Bonchev–Trinajstić information content (AvgIpc) is 2.44. The van der Waals surface area contributed by atoms with Gasteiger partial charge in [0, 0.05) is 19.2 Å². The number of rotatable bonds is 4. The third-order valence-corrected chi connectivity index (χ3v) is 5.16. The van der Waals surface area contributed by atoms with Gasteiger partial charge in [-0.3, -0.25) is 4.79 Å². The third kappa shape index (κ3) is 3.18. The van der Waals surface area contributed by atoms with Crippen molar-refractivity contribution in [2.45, 2.75) is 57.7 Å². The minimum absolute atomic E-state index is 0.179. The Morgan fingerprint density at radius 2 is 2.14 bits per heavy atom. The standard InChI is InChI=1S/C18H25NO3/c1-12-3-4-14(13(2)7-12)11-19-16-5-6-22-18(10-16)8-15(9-18)17(20)21/h3-4,7,15-16,19H,5-6,8-11H2,1-2H3,(H,20,21)/t15?,16-,18?/m0/s1. The molecule has 1 heterocycles. The summed E-state index contributed by atoms with van der Waals surface area (Å²) in [5.41, 5.74) is 3.77. The van der Waals surface area contributed by atoms with Crippen LogP contribution in [0.5, 0.6) is 0 Å². The maximum Gasteiger partial charge on any atom is 0.306 e. The SMILES string of the molecule is Cc1ccc(CN[C@H]2CCOC3(CC(C(=O)O)C3)C2)c(C)c1. The summed E-state index contributed by atoms with van der Waals surface area (Å²) >= 11 is 0. The van der Waals surface area contributed by atoms with Crippen LogP contribution in [-0.2, 0) is 16.1 Å². The van der Waals surface area contributed by atoms with Gasteiger partial charge in [-0.15, -0.1) is 0 Å². The lowest BCUT2D eigenvalue weighted by molar-refractivity contribution is -0.181. The maximum atomic E-state index is 11.0. The smallest absolute Gasteiger partial charge is 0.306 e. The molecule has 0 bridgehead atoms. The highest BCUT2D eigenvalue weighted by molar-refractivity contribution is 5.71. The Kier molecular flexibility index (Phi) is 4.24. The van der Waals surface area contributed by atoms with Crippen molar-refractivity contribution >= 4 is 5.97 Å². The minimum Gasteiger partial charge on any atom is -0.481 e. The van der Waals surface area contributed by atoms with Crippen molar-refractivity contribution in [2.24, 2.45) is 5.92 Å². The Morgan fingerprint density at radius 3 is 2.82 bits per heavy atom. The van der Waals surface area contributed by atoms with E-state index < -0.39 is 5.97 Å². The third-order valence-electron chi connectivity index (χ3n) is 5.16. The zero-order valence-corrected chi connectivity index (χ0v) is 13.4. The quantitative estimate of drug-likeness (QED) is 0.898. The highest BCUT2D eigenvalue weighted by Gasteiger charge is 2.50. The zero-order chi connectivity index (χ0) is 15.7. The summed E-state index contributed by atoms with van der Waals surface area (Å²) in [7, 11) is 0. The van der Waals surface area contributed by atoms with E-state index in [1.165, 1.54) is 16.7 Å². The van der Waals surface area contributed by atoms with Gasteiger partial charge in [-0.1, -0.05) is 23.8 Å². The summed E-state index contributed by atoms with van der Waals surface area (Å²) in [6.45, 7) is 5.87. The predicted molar refractivity (Wildman–Crippen MR) is 84.8 cm³/mol. The lowest BCUT2D eigenvalue weighted by Gasteiger charge is -2.50. The van der Waals surface area contributed by atoms with Crippen LogP contribution in [-0.4, -0.2) is 29.3 Å². The lowest BCUT2D eigenvalue weighted by Crippen LogP contribution is -2.55. The normalized spacial score (nSPS) is 31.0. The van der Waals surface area contributed by atoms with E-state index in [0.29, 0.717) is 18.9 Å². The average molecular weight is 303 g/mol. The Balaban J connectivity index is 1.54. The number of aryl methyl sites for hydroxylation is 2. The van der Waals surface area contributed by atoms with Gasteiger partial charge in [0.15, 0.2) is 0 Å². The van der Waals surface area contributed by atoms with Gasteiger partial charge in [-0.05, 0) is 50.7 Å². The van der Waals surface area contributed by atoms with Gasteiger partial charge in [0.2, 0.25) is 0 Å². The number of nitrogens with one attached hydrogen (secondary N) is 1. The molecule has 1 atom stereocenters. The second kappa shape index (κ2) is 6.01. The monoisotopic (exact) mass is 303 g/mol. The number of benzene rings is 1. The molecule has 1 aromatic carbocycles. The summed E-state index contributed by atoms with van der Waals surface area (Å²) < 4.78 is 5.90. The highest BCUT2D eigenvalue weighted by atomic mass is 16.5. The number of hydrogen-bond acceptors (Lipinski definition) is 3. The Bertz CT molecular complexity index is 563. The number of aliphatic carboxylic acids is 1. The molecule has 4 nitrogen and oxygen atoms in total. The van der Waals surface area contributed by atoms with Gasteiger partial charge in [-0.2, -0.15) is 0 Å². The highest BCUT2D eigenvalue weighted by Crippen LogP contribution is 2.46. The molecule has 4 heteroatoms. The molecule has 2 fully saturated rings. The molecule has 0 radical (unpaired) electrons. The van der Waals surface area contributed by atoms with E-state index in [1.54, 1.807) is 0 Å². The first kappa shape index (κ1) is 15.5. The van der Waals surface area contributed by atoms with Crippen LogP contribution in [0.3, 0.4) is 0 Å². The van der Waals surface area contributed by atoms with E-state index in [9.17, 15) is 4.79 Å². The van der Waals surface area contributed by atoms with Crippen LogP contribution in [0.4, 0.5) is 0 Å². The second-order valence-corrected chi connectivity index (χ2v) is 6.98.